The molecule has 1 rings (SSSR count). The summed E-state index contributed by atoms with van der Waals surface area (Å²) in [5.41, 5.74) is 6.20. The zero-order valence-electron chi connectivity index (χ0n) is 9.83. The molecule has 1 fully saturated rings. The molecule has 0 amide bonds. The van der Waals surface area contributed by atoms with Crippen molar-refractivity contribution in [1.29, 1.82) is 0 Å². The van der Waals surface area contributed by atoms with Crippen LogP contribution in [0.4, 0.5) is 0 Å². The van der Waals surface area contributed by atoms with E-state index in [4.69, 9.17) is 5.73 Å². The van der Waals surface area contributed by atoms with E-state index < -0.39 is 0 Å². The highest BCUT2D eigenvalue weighted by molar-refractivity contribution is 4.92. The summed E-state index contributed by atoms with van der Waals surface area (Å²) < 4.78 is 0. The number of nitrogens with zero attached hydrogens (tertiary/aromatic N) is 1. The van der Waals surface area contributed by atoms with Crippen molar-refractivity contribution in [3.8, 4) is 0 Å². The lowest BCUT2D eigenvalue weighted by Gasteiger charge is -2.40. The third-order valence-corrected chi connectivity index (χ3v) is 2.97. The lowest BCUT2D eigenvalue weighted by Crippen LogP contribution is -2.52. The number of aliphatic hydroxyl groups is 1. The van der Waals surface area contributed by atoms with Gasteiger partial charge in [-0.1, -0.05) is 20.8 Å². The molecule has 3 atom stereocenters. The molecule has 0 bridgehead atoms. The van der Waals surface area contributed by atoms with E-state index in [1.165, 1.54) is 0 Å². The van der Waals surface area contributed by atoms with Crippen LogP contribution in [0, 0.1) is 5.41 Å². The standard InChI is InChI=1S/C11H24N2O/c1-8(12)10(11(2,3)4)13-6-5-9(14)7-13/h8-10,14H,5-7,12H2,1-4H3. The smallest absolute Gasteiger partial charge is 0.0679 e. The van der Waals surface area contributed by atoms with Gasteiger partial charge in [-0.05, 0) is 18.8 Å². The van der Waals surface area contributed by atoms with Crippen molar-refractivity contribution in [3.63, 3.8) is 0 Å². The van der Waals surface area contributed by atoms with Gasteiger partial charge in [0.25, 0.3) is 0 Å². The summed E-state index contributed by atoms with van der Waals surface area (Å²) in [7, 11) is 0. The van der Waals surface area contributed by atoms with Crippen molar-refractivity contribution in [2.75, 3.05) is 13.1 Å². The SMILES string of the molecule is CC(N)C(N1CCC(O)C1)C(C)(C)C. The molecule has 3 N–H and O–H groups in total. The highest BCUT2D eigenvalue weighted by Crippen LogP contribution is 2.29. The first-order valence-corrected chi connectivity index (χ1v) is 5.50. The van der Waals surface area contributed by atoms with Crippen LogP contribution in [0.5, 0.6) is 0 Å². The van der Waals surface area contributed by atoms with Crippen LogP contribution in [0.3, 0.4) is 0 Å². The van der Waals surface area contributed by atoms with Gasteiger partial charge in [0.1, 0.15) is 0 Å². The molecule has 0 aromatic carbocycles. The van der Waals surface area contributed by atoms with Crippen LogP contribution in [0.25, 0.3) is 0 Å². The molecule has 3 heteroatoms. The van der Waals surface area contributed by atoms with Gasteiger partial charge in [-0.2, -0.15) is 0 Å². The molecule has 0 aliphatic carbocycles. The fraction of sp³-hybridized carbons (Fsp3) is 1.00. The summed E-state index contributed by atoms with van der Waals surface area (Å²) in [5, 5.41) is 9.51. The number of hydrogen-bond acceptors (Lipinski definition) is 3. The van der Waals surface area contributed by atoms with Gasteiger partial charge in [0.2, 0.25) is 0 Å². The van der Waals surface area contributed by atoms with Crippen molar-refractivity contribution in [3.05, 3.63) is 0 Å². The van der Waals surface area contributed by atoms with Gasteiger partial charge in [0, 0.05) is 25.2 Å². The van der Waals surface area contributed by atoms with Gasteiger partial charge in [-0.15, -0.1) is 0 Å². The third kappa shape index (κ3) is 2.69. The third-order valence-electron chi connectivity index (χ3n) is 2.97. The Morgan fingerprint density at radius 3 is 2.29 bits per heavy atom. The first kappa shape index (κ1) is 12.0. The molecule has 3 nitrogen and oxygen atoms in total. The van der Waals surface area contributed by atoms with Crippen LogP contribution in [0.15, 0.2) is 0 Å². The lowest BCUT2D eigenvalue weighted by molar-refractivity contribution is 0.0869. The summed E-state index contributed by atoms with van der Waals surface area (Å²) in [6.07, 6.45) is 0.734. The Morgan fingerprint density at radius 1 is 1.43 bits per heavy atom. The van der Waals surface area contributed by atoms with Gasteiger partial charge >= 0.3 is 0 Å². The van der Waals surface area contributed by atoms with Gasteiger partial charge in [-0.3, -0.25) is 4.90 Å². The highest BCUT2D eigenvalue weighted by Gasteiger charge is 2.36. The Labute approximate surface area is 87.3 Å². The minimum Gasteiger partial charge on any atom is -0.392 e. The monoisotopic (exact) mass is 200 g/mol. The second kappa shape index (κ2) is 4.17. The van der Waals surface area contributed by atoms with Crippen molar-refractivity contribution in [2.24, 2.45) is 11.1 Å². The molecular weight excluding hydrogens is 176 g/mol. The zero-order valence-corrected chi connectivity index (χ0v) is 9.83. The molecule has 1 heterocycles. The zero-order chi connectivity index (χ0) is 10.9. The van der Waals surface area contributed by atoms with E-state index in [2.05, 4.69) is 32.6 Å². The Kier molecular flexibility index (Phi) is 3.56. The highest BCUT2D eigenvalue weighted by atomic mass is 16.3. The van der Waals surface area contributed by atoms with Crippen LogP contribution < -0.4 is 5.73 Å². The molecule has 1 aliphatic rings. The van der Waals surface area contributed by atoms with Crippen molar-refractivity contribution in [1.82, 2.24) is 4.90 Å². The van der Waals surface area contributed by atoms with Crippen molar-refractivity contribution < 1.29 is 5.11 Å². The van der Waals surface area contributed by atoms with E-state index in [0.717, 1.165) is 19.5 Å². The van der Waals surface area contributed by atoms with Crippen LogP contribution >= 0.6 is 0 Å². The largest absolute Gasteiger partial charge is 0.392 e. The van der Waals surface area contributed by atoms with E-state index in [-0.39, 0.29) is 17.6 Å². The Morgan fingerprint density at radius 2 is 2.00 bits per heavy atom. The van der Waals surface area contributed by atoms with Crippen molar-refractivity contribution in [2.45, 2.75) is 52.3 Å². The number of rotatable bonds is 2. The molecule has 14 heavy (non-hydrogen) atoms. The molecule has 1 saturated heterocycles. The molecule has 3 unspecified atom stereocenters. The lowest BCUT2D eigenvalue weighted by atomic mass is 9.82. The van der Waals surface area contributed by atoms with Gasteiger partial charge in [-0.25, -0.2) is 0 Å². The van der Waals surface area contributed by atoms with E-state index >= 15 is 0 Å². The molecule has 0 radical (unpaired) electrons. The maximum atomic E-state index is 9.51. The maximum Gasteiger partial charge on any atom is 0.0679 e. The summed E-state index contributed by atoms with van der Waals surface area (Å²) in [5.74, 6) is 0. The average Bonchev–Trinajstić information content (AvgIpc) is 2.31. The predicted molar refractivity (Wildman–Crippen MR) is 59.1 cm³/mol. The first-order chi connectivity index (χ1) is 6.32. The summed E-state index contributed by atoms with van der Waals surface area (Å²) in [4.78, 5) is 2.33. The van der Waals surface area contributed by atoms with Crippen LogP contribution in [-0.2, 0) is 0 Å². The predicted octanol–water partition coefficient (Wildman–Crippen LogP) is 0.815. The minimum absolute atomic E-state index is 0.153. The van der Waals surface area contributed by atoms with E-state index in [9.17, 15) is 5.11 Å². The Balaban J connectivity index is 2.69. The number of likely N-dealkylation sites (tertiary alicyclic amines) is 1. The van der Waals surface area contributed by atoms with E-state index in [1.54, 1.807) is 0 Å². The van der Waals surface area contributed by atoms with Gasteiger partial charge in [0.15, 0.2) is 0 Å². The molecule has 0 saturated carbocycles. The second-order valence-electron chi connectivity index (χ2n) is 5.61. The van der Waals surface area contributed by atoms with E-state index in [1.807, 2.05) is 0 Å². The number of aliphatic hydroxyl groups excluding tert-OH is 1. The normalized spacial score (nSPS) is 29.1. The van der Waals surface area contributed by atoms with Crippen molar-refractivity contribution >= 4 is 0 Å². The second-order valence-corrected chi connectivity index (χ2v) is 5.61. The number of nitrogens with two attached hydrogens (primary N) is 1. The summed E-state index contributed by atoms with van der Waals surface area (Å²) >= 11 is 0. The summed E-state index contributed by atoms with van der Waals surface area (Å²) in [6, 6.07) is 0.514. The van der Waals surface area contributed by atoms with Gasteiger partial charge in [0.05, 0.1) is 6.10 Å². The molecule has 0 aromatic rings. The van der Waals surface area contributed by atoms with Crippen LogP contribution in [0.2, 0.25) is 0 Å². The molecule has 0 spiro atoms. The quantitative estimate of drug-likeness (QED) is 0.693. The van der Waals surface area contributed by atoms with E-state index in [0.29, 0.717) is 6.04 Å². The molecule has 1 aliphatic heterocycles. The van der Waals surface area contributed by atoms with Crippen LogP contribution in [0.1, 0.15) is 34.1 Å². The topological polar surface area (TPSA) is 49.5 Å². The van der Waals surface area contributed by atoms with Crippen LogP contribution in [-0.4, -0.2) is 41.3 Å². The molecular formula is C11H24N2O. The summed E-state index contributed by atoms with van der Waals surface area (Å²) in [6.45, 7) is 10.5. The maximum absolute atomic E-state index is 9.51. The molecule has 84 valence electrons. The molecule has 0 aromatic heterocycles. The average molecular weight is 200 g/mol. The van der Waals surface area contributed by atoms with Gasteiger partial charge < -0.3 is 10.8 Å². The Bertz CT molecular complexity index is 186. The fourth-order valence-corrected chi connectivity index (χ4v) is 2.69. The fourth-order valence-electron chi connectivity index (χ4n) is 2.69. The minimum atomic E-state index is -0.154. The number of hydrogen-bond donors (Lipinski definition) is 2. The Hall–Kier alpha value is -0.120. The number of β-amino-alcohol motifs (C(OH)–C–C–N with tert-alkyl or cyclic N) is 1. The first-order valence-electron chi connectivity index (χ1n) is 5.50.